The smallest absolute Gasteiger partial charge is 0.164 e. The lowest BCUT2D eigenvalue weighted by atomic mass is 9.91. The number of rotatable bonds is 7. The van der Waals surface area contributed by atoms with Gasteiger partial charge in [0.2, 0.25) is 0 Å². The summed E-state index contributed by atoms with van der Waals surface area (Å²) in [7, 11) is 0. The van der Waals surface area contributed by atoms with E-state index in [0.717, 1.165) is 44.5 Å². The van der Waals surface area contributed by atoms with Crippen LogP contribution in [0, 0.1) is 47.4 Å². The van der Waals surface area contributed by atoms with Crippen LogP contribution < -0.4 is 0 Å². The first-order valence-corrected chi connectivity index (χ1v) is 21.1. The highest BCUT2D eigenvalue weighted by molar-refractivity contribution is 6.12. The van der Waals surface area contributed by atoms with E-state index in [-0.39, 0.29) is 5.82 Å². The van der Waals surface area contributed by atoms with Crippen molar-refractivity contribution in [3.05, 3.63) is 203 Å². The van der Waals surface area contributed by atoms with Gasteiger partial charge >= 0.3 is 0 Å². The molecular formula is C57H45FN4. The van der Waals surface area contributed by atoms with Gasteiger partial charge in [0.15, 0.2) is 17.5 Å². The summed E-state index contributed by atoms with van der Waals surface area (Å²) in [5.74, 6) is 1.39. The number of benzene rings is 8. The highest BCUT2D eigenvalue weighted by Crippen LogP contribution is 2.42. The van der Waals surface area contributed by atoms with Crippen molar-refractivity contribution in [2.24, 2.45) is 0 Å². The number of hydrogen-bond donors (Lipinski definition) is 0. The Balaban J connectivity index is 1.25. The minimum absolute atomic E-state index is 0.291. The molecule has 62 heavy (non-hydrogen) atoms. The van der Waals surface area contributed by atoms with Crippen molar-refractivity contribution in [1.29, 1.82) is 0 Å². The van der Waals surface area contributed by atoms with E-state index in [9.17, 15) is 4.39 Å². The summed E-state index contributed by atoms with van der Waals surface area (Å²) in [6, 6.07) is 56.0. The Kier molecular flexibility index (Phi) is 9.68. The monoisotopic (exact) mass is 804 g/mol. The molecule has 4 nitrogen and oxygen atoms in total. The molecule has 300 valence electrons. The standard InChI is InChI=1S/C57H45FN4/c1-34-27-36(3)53(37(4)28-34)43-19-25-51-48(31-43)49-32-44(54-38(5)29-35(2)30-39(54)6)20-26-52(49)62(51)46-23-24-47(40-17-21-45(58)22-18-40)50(33-46)57-60-55(41-13-9-7-10-14-41)59-56(61-57)42-15-11-8-12-16-42/h7-33H,1-6H3. The molecule has 0 N–H and O–H groups in total. The summed E-state index contributed by atoms with van der Waals surface area (Å²) in [6.45, 7) is 13.2. The zero-order valence-electron chi connectivity index (χ0n) is 35.8. The van der Waals surface area contributed by atoms with Crippen LogP contribution in [-0.2, 0) is 0 Å². The summed E-state index contributed by atoms with van der Waals surface area (Å²) in [6.07, 6.45) is 0. The fourth-order valence-corrected chi connectivity index (χ4v) is 9.55. The Morgan fingerprint density at radius 1 is 0.371 bits per heavy atom. The van der Waals surface area contributed by atoms with Crippen LogP contribution in [0.1, 0.15) is 33.4 Å². The van der Waals surface area contributed by atoms with Gasteiger partial charge in [-0.25, -0.2) is 19.3 Å². The predicted octanol–water partition coefficient (Wildman–Crippen LogP) is 15.0. The molecule has 2 aromatic heterocycles. The molecule has 2 heterocycles. The van der Waals surface area contributed by atoms with Gasteiger partial charge in [-0.15, -0.1) is 0 Å². The quantitative estimate of drug-likeness (QED) is 0.161. The van der Waals surface area contributed by atoms with Crippen molar-refractivity contribution >= 4 is 21.8 Å². The molecule has 0 amide bonds. The van der Waals surface area contributed by atoms with Crippen molar-refractivity contribution in [1.82, 2.24) is 19.5 Å². The zero-order valence-corrected chi connectivity index (χ0v) is 35.8. The molecule has 8 aromatic carbocycles. The zero-order chi connectivity index (χ0) is 42.6. The normalized spacial score (nSPS) is 11.5. The predicted molar refractivity (Wildman–Crippen MR) is 255 cm³/mol. The molecule has 0 bridgehead atoms. The second-order valence-corrected chi connectivity index (χ2v) is 16.6. The van der Waals surface area contributed by atoms with Gasteiger partial charge < -0.3 is 4.57 Å². The van der Waals surface area contributed by atoms with Crippen molar-refractivity contribution in [3.8, 4) is 73.2 Å². The summed E-state index contributed by atoms with van der Waals surface area (Å²) in [5.41, 5.74) is 20.0. The maximum atomic E-state index is 14.4. The topological polar surface area (TPSA) is 43.6 Å². The van der Waals surface area contributed by atoms with Gasteiger partial charge in [-0.1, -0.05) is 126 Å². The molecule has 0 aliphatic rings. The molecule has 0 unspecified atom stereocenters. The largest absolute Gasteiger partial charge is 0.309 e. The molecule has 0 spiro atoms. The molecule has 0 fully saturated rings. The van der Waals surface area contributed by atoms with Gasteiger partial charge in [0.25, 0.3) is 0 Å². The Hall–Kier alpha value is -7.50. The first-order valence-electron chi connectivity index (χ1n) is 21.1. The summed E-state index contributed by atoms with van der Waals surface area (Å²) in [4.78, 5) is 15.4. The average Bonchev–Trinajstić information content (AvgIpc) is 3.59. The third kappa shape index (κ3) is 6.95. The second kappa shape index (κ2) is 15.5. The highest BCUT2D eigenvalue weighted by atomic mass is 19.1. The first-order chi connectivity index (χ1) is 30.1. The first kappa shape index (κ1) is 38.7. The SMILES string of the molecule is Cc1cc(C)c(-c2ccc3c(c2)c2cc(-c4c(C)cc(C)cc4C)ccc2n3-c2ccc(-c3ccc(F)cc3)c(-c3nc(-c4ccccc4)nc(-c4ccccc4)n3)c2)c(C)c1. The third-order valence-electron chi connectivity index (χ3n) is 12.1. The lowest BCUT2D eigenvalue weighted by Crippen LogP contribution is -2.02. The molecule has 0 aliphatic heterocycles. The van der Waals surface area contributed by atoms with Gasteiger partial charge in [0.05, 0.1) is 11.0 Å². The molecule has 0 saturated heterocycles. The van der Waals surface area contributed by atoms with Crippen molar-refractivity contribution < 1.29 is 4.39 Å². The third-order valence-corrected chi connectivity index (χ3v) is 12.1. The lowest BCUT2D eigenvalue weighted by molar-refractivity contribution is 0.628. The minimum atomic E-state index is -0.291. The fourth-order valence-electron chi connectivity index (χ4n) is 9.55. The van der Waals surface area contributed by atoms with E-state index in [0.29, 0.717) is 17.5 Å². The van der Waals surface area contributed by atoms with E-state index in [4.69, 9.17) is 15.0 Å². The van der Waals surface area contributed by atoms with Gasteiger partial charge in [-0.05, 0) is 146 Å². The Morgan fingerprint density at radius 2 is 0.806 bits per heavy atom. The summed E-state index contributed by atoms with van der Waals surface area (Å²) in [5, 5.41) is 2.34. The van der Waals surface area contributed by atoms with Gasteiger partial charge in [-0.2, -0.15) is 0 Å². The van der Waals surface area contributed by atoms with Crippen LogP contribution in [-0.4, -0.2) is 19.5 Å². The van der Waals surface area contributed by atoms with Crippen molar-refractivity contribution in [3.63, 3.8) is 0 Å². The van der Waals surface area contributed by atoms with Crippen LogP contribution in [0.4, 0.5) is 4.39 Å². The summed E-state index contributed by atoms with van der Waals surface area (Å²) >= 11 is 0. The van der Waals surface area contributed by atoms with E-state index < -0.39 is 0 Å². The van der Waals surface area contributed by atoms with Crippen LogP contribution in [0.5, 0.6) is 0 Å². The van der Waals surface area contributed by atoms with Crippen LogP contribution in [0.25, 0.3) is 95.0 Å². The van der Waals surface area contributed by atoms with Crippen molar-refractivity contribution in [2.45, 2.75) is 41.5 Å². The molecule has 5 heteroatoms. The van der Waals surface area contributed by atoms with E-state index in [2.05, 4.69) is 125 Å². The number of aryl methyl sites for hydroxylation is 6. The molecule has 0 radical (unpaired) electrons. The molecule has 0 atom stereocenters. The van der Waals surface area contributed by atoms with Gasteiger partial charge in [-0.3, -0.25) is 0 Å². The summed E-state index contributed by atoms with van der Waals surface area (Å²) < 4.78 is 16.8. The van der Waals surface area contributed by atoms with E-state index in [1.54, 1.807) is 0 Å². The van der Waals surface area contributed by atoms with E-state index in [1.807, 2.05) is 72.8 Å². The highest BCUT2D eigenvalue weighted by Gasteiger charge is 2.21. The minimum Gasteiger partial charge on any atom is -0.309 e. The lowest BCUT2D eigenvalue weighted by Gasteiger charge is -2.16. The number of nitrogens with zero attached hydrogens (tertiary/aromatic N) is 4. The van der Waals surface area contributed by atoms with Crippen LogP contribution in [0.15, 0.2) is 164 Å². The number of halogens is 1. The fraction of sp³-hybridized carbons (Fsp3) is 0.105. The van der Waals surface area contributed by atoms with Gasteiger partial charge in [0.1, 0.15) is 5.82 Å². The van der Waals surface area contributed by atoms with Crippen LogP contribution in [0.2, 0.25) is 0 Å². The van der Waals surface area contributed by atoms with Crippen LogP contribution >= 0.6 is 0 Å². The van der Waals surface area contributed by atoms with Crippen LogP contribution in [0.3, 0.4) is 0 Å². The average molecular weight is 805 g/mol. The Labute approximate surface area is 362 Å². The number of aromatic nitrogens is 4. The maximum absolute atomic E-state index is 14.4. The number of fused-ring (bicyclic) bond motifs is 3. The Bertz CT molecular complexity index is 3130. The molecule has 10 rings (SSSR count). The van der Waals surface area contributed by atoms with E-state index in [1.165, 1.54) is 78.5 Å². The maximum Gasteiger partial charge on any atom is 0.164 e. The molecule has 10 aromatic rings. The molecule has 0 aliphatic carbocycles. The van der Waals surface area contributed by atoms with Crippen molar-refractivity contribution in [2.75, 3.05) is 0 Å². The second-order valence-electron chi connectivity index (χ2n) is 16.6. The van der Waals surface area contributed by atoms with Gasteiger partial charge in [0, 0.05) is 33.2 Å². The van der Waals surface area contributed by atoms with E-state index >= 15 is 0 Å². The number of hydrogen-bond acceptors (Lipinski definition) is 3. The Morgan fingerprint density at radius 3 is 1.27 bits per heavy atom. The molecule has 0 saturated carbocycles. The molecular weight excluding hydrogens is 760 g/mol.